The number of aryl methyl sites for hydroxylation is 3. The molecule has 1 aliphatic rings. The Morgan fingerprint density at radius 1 is 1.29 bits per heavy atom. The maximum Gasteiger partial charge on any atom is 0.122 e. The molecule has 2 aromatic rings. The van der Waals surface area contributed by atoms with Gasteiger partial charge in [-0.15, -0.1) is 11.3 Å². The SMILES string of the molecule is CCNC(c1ccc2c(c1)CCCO2)c1cc(C)c(C)s1. The molecular weight excluding hydrogens is 278 g/mol. The summed E-state index contributed by atoms with van der Waals surface area (Å²) in [5, 5.41) is 3.63. The Bertz CT molecular complexity index is 613. The van der Waals surface area contributed by atoms with E-state index in [1.54, 1.807) is 0 Å². The predicted molar refractivity (Wildman–Crippen MR) is 89.6 cm³/mol. The lowest BCUT2D eigenvalue weighted by Gasteiger charge is -2.22. The highest BCUT2D eigenvalue weighted by atomic mass is 32.1. The number of fused-ring (bicyclic) bond motifs is 1. The van der Waals surface area contributed by atoms with E-state index in [0.717, 1.165) is 31.7 Å². The standard InChI is InChI=1S/C18H23NOS/c1-4-19-18(17-10-12(2)13(3)21-17)15-7-8-16-14(11-15)6-5-9-20-16/h7-8,10-11,18-19H,4-6,9H2,1-3H3. The number of thiophene rings is 1. The summed E-state index contributed by atoms with van der Waals surface area (Å²) in [4.78, 5) is 2.82. The first-order valence-corrected chi connectivity index (χ1v) is 8.56. The number of nitrogens with one attached hydrogen (secondary N) is 1. The Kier molecular flexibility index (Phi) is 4.32. The molecule has 0 spiro atoms. The van der Waals surface area contributed by atoms with Crippen LogP contribution in [-0.2, 0) is 6.42 Å². The summed E-state index contributed by atoms with van der Waals surface area (Å²) in [5.74, 6) is 1.07. The van der Waals surface area contributed by atoms with Gasteiger partial charge in [0.15, 0.2) is 0 Å². The van der Waals surface area contributed by atoms with Crippen LogP contribution in [0.1, 0.15) is 45.8 Å². The van der Waals surface area contributed by atoms with E-state index >= 15 is 0 Å². The fraction of sp³-hybridized carbons (Fsp3) is 0.444. The van der Waals surface area contributed by atoms with Crippen LogP contribution in [-0.4, -0.2) is 13.2 Å². The molecule has 0 saturated carbocycles. The lowest BCUT2D eigenvalue weighted by molar-refractivity contribution is 0.288. The van der Waals surface area contributed by atoms with Gasteiger partial charge in [0.1, 0.15) is 5.75 Å². The molecule has 1 atom stereocenters. The summed E-state index contributed by atoms with van der Waals surface area (Å²) in [5.41, 5.74) is 4.09. The summed E-state index contributed by atoms with van der Waals surface area (Å²) >= 11 is 1.90. The maximum atomic E-state index is 5.73. The van der Waals surface area contributed by atoms with Gasteiger partial charge in [-0.05, 0) is 62.1 Å². The molecule has 2 heterocycles. The number of benzene rings is 1. The van der Waals surface area contributed by atoms with Crippen LogP contribution in [0.15, 0.2) is 24.3 Å². The van der Waals surface area contributed by atoms with E-state index in [1.165, 1.54) is 26.4 Å². The molecule has 1 aromatic carbocycles. The van der Waals surface area contributed by atoms with E-state index in [2.05, 4.69) is 50.4 Å². The fourth-order valence-electron chi connectivity index (χ4n) is 2.89. The number of hydrogen-bond acceptors (Lipinski definition) is 3. The molecule has 3 rings (SSSR count). The molecule has 1 unspecified atom stereocenters. The highest BCUT2D eigenvalue weighted by molar-refractivity contribution is 7.12. The van der Waals surface area contributed by atoms with Crippen LogP contribution < -0.4 is 10.1 Å². The molecule has 1 aromatic heterocycles. The Hall–Kier alpha value is -1.32. The predicted octanol–water partition coefficient (Wildman–Crippen LogP) is 4.39. The second-order valence-corrected chi connectivity index (χ2v) is 6.99. The van der Waals surface area contributed by atoms with Gasteiger partial charge < -0.3 is 10.1 Å². The summed E-state index contributed by atoms with van der Waals surface area (Å²) in [7, 11) is 0. The zero-order chi connectivity index (χ0) is 14.8. The van der Waals surface area contributed by atoms with Crippen LogP contribution in [0.25, 0.3) is 0 Å². The maximum absolute atomic E-state index is 5.73. The minimum absolute atomic E-state index is 0.291. The van der Waals surface area contributed by atoms with Crippen LogP contribution >= 0.6 is 11.3 Å². The van der Waals surface area contributed by atoms with E-state index in [4.69, 9.17) is 4.74 Å². The number of hydrogen-bond donors (Lipinski definition) is 1. The summed E-state index contributed by atoms with van der Waals surface area (Å²) in [6.45, 7) is 8.38. The van der Waals surface area contributed by atoms with E-state index in [1.807, 2.05) is 11.3 Å². The van der Waals surface area contributed by atoms with Crippen LogP contribution in [0, 0.1) is 13.8 Å². The zero-order valence-corrected chi connectivity index (χ0v) is 13.8. The van der Waals surface area contributed by atoms with Gasteiger partial charge in [0.2, 0.25) is 0 Å². The highest BCUT2D eigenvalue weighted by Gasteiger charge is 2.19. The van der Waals surface area contributed by atoms with Gasteiger partial charge in [-0.25, -0.2) is 0 Å². The van der Waals surface area contributed by atoms with E-state index in [-0.39, 0.29) is 0 Å². The second-order valence-electron chi connectivity index (χ2n) is 5.70. The fourth-order valence-corrected chi connectivity index (χ4v) is 4.04. The van der Waals surface area contributed by atoms with Crippen molar-refractivity contribution in [2.24, 2.45) is 0 Å². The van der Waals surface area contributed by atoms with Gasteiger partial charge in [-0.1, -0.05) is 19.1 Å². The van der Waals surface area contributed by atoms with Crippen LogP contribution in [0.4, 0.5) is 0 Å². The summed E-state index contributed by atoms with van der Waals surface area (Å²) < 4.78 is 5.73. The average Bonchev–Trinajstić information content (AvgIpc) is 2.83. The number of ether oxygens (including phenoxy) is 1. The van der Waals surface area contributed by atoms with Crippen molar-refractivity contribution in [3.05, 3.63) is 50.7 Å². The van der Waals surface area contributed by atoms with Gasteiger partial charge in [0.05, 0.1) is 12.6 Å². The minimum atomic E-state index is 0.291. The monoisotopic (exact) mass is 301 g/mol. The van der Waals surface area contributed by atoms with Crippen molar-refractivity contribution in [3.63, 3.8) is 0 Å². The molecule has 0 fully saturated rings. The lowest BCUT2D eigenvalue weighted by atomic mass is 9.98. The van der Waals surface area contributed by atoms with Crippen molar-refractivity contribution in [3.8, 4) is 5.75 Å². The Morgan fingerprint density at radius 3 is 2.86 bits per heavy atom. The van der Waals surface area contributed by atoms with Crippen LogP contribution in [0.2, 0.25) is 0 Å². The normalized spacial score (nSPS) is 15.4. The molecule has 0 saturated heterocycles. The van der Waals surface area contributed by atoms with Crippen molar-refractivity contribution < 1.29 is 4.74 Å². The second kappa shape index (κ2) is 6.20. The van der Waals surface area contributed by atoms with Crippen molar-refractivity contribution in [2.45, 2.75) is 39.7 Å². The third-order valence-corrected chi connectivity index (χ3v) is 5.36. The van der Waals surface area contributed by atoms with Crippen molar-refractivity contribution >= 4 is 11.3 Å². The Balaban J connectivity index is 1.97. The molecule has 0 radical (unpaired) electrons. The first-order valence-electron chi connectivity index (χ1n) is 7.75. The van der Waals surface area contributed by atoms with E-state index < -0.39 is 0 Å². The van der Waals surface area contributed by atoms with Crippen LogP contribution in [0.3, 0.4) is 0 Å². The topological polar surface area (TPSA) is 21.3 Å². The average molecular weight is 301 g/mol. The number of rotatable bonds is 4. The van der Waals surface area contributed by atoms with Crippen molar-refractivity contribution in [1.29, 1.82) is 0 Å². The van der Waals surface area contributed by atoms with Gasteiger partial charge in [-0.3, -0.25) is 0 Å². The highest BCUT2D eigenvalue weighted by Crippen LogP contribution is 2.34. The first kappa shape index (κ1) is 14.6. The summed E-state index contributed by atoms with van der Waals surface area (Å²) in [6.07, 6.45) is 2.25. The quantitative estimate of drug-likeness (QED) is 0.904. The van der Waals surface area contributed by atoms with Gasteiger partial charge >= 0.3 is 0 Å². The largest absolute Gasteiger partial charge is 0.493 e. The van der Waals surface area contributed by atoms with Crippen LogP contribution in [0.5, 0.6) is 5.75 Å². The first-order chi connectivity index (χ1) is 10.2. The molecule has 1 aliphatic heterocycles. The van der Waals surface area contributed by atoms with Gasteiger partial charge in [-0.2, -0.15) is 0 Å². The lowest BCUT2D eigenvalue weighted by Crippen LogP contribution is -2.21. The summed E-state index contributed by atoms with van der Waals surface area (Å²) in [6, 6.07) is 9.29. The molecule has 112 valence electrons. The van der Waals surface area contributed by atoms with Crippen molar-refractivity contribution in [2.75, 3.05) is 13.2 Å². The Labute approximate surface area is 131 Å². The smallest absolute Gasteiger partial charge is 0.122 e. The van der Waals surface area contributed by atoms with Gasteiger partial charge in [0, 0.05) is 9.75 Å². The molecule has 0 bridgehead atoms. The van der Waals surface area contributed by atoms with Crippen molar-refractivity contribution in [1.82, 2.24) is 5.32 Å². The zero-order valence-electron chi connectivity index (χ0n) is 13.0. The third-order valence-electron chi connectivity index (χ3n) is 4.14. The molecule has 3 heteroatoms. The molecule has 0 aliphatic carbocycles. The van der Waals surface area contributed by atoms with E-state index in [0.29, 0.717) is 6.04 Å². The molecule has 1 N–H and O–H groups in total. The molecule has 2 nitrogen and oxygen atoms in total. The Morgan fingerprint density at radius 2 is 2.14 bits per heavy atom. The molecule has 0 amide bonds. The minimum Gasteiger partial charge on any atom is -0.493 e. The van der Waals surface area contributed by atoms with E-state index in [9.17, 15) is 0 Å². The van der Waals surface area contributed by atoms with Gasteiger partial charge in [0.25, 0.3) is 0 Å². The third kappa shape index (κ3) is 2.99. The molecule has 21 heavy (non-hydrogen) atoms. The molecular formula is C18H23NOS.